The normalized spacial score (nSPS) is 20.5. The third-order valence-corrected chi connectivity index (χ3v) is 13.3. The van der Waals surface area contributed by atoms with Gasteiger partial charge in [-0.15, -0.1) is 0 Å². The van der Waals surface area contributed by atoms with Gasteiger partial charge in [0.05, 0.1) is 20.8 Å². The second-order valence-corrected chi connectivity index (χ2v) is 19.6. The highest BCUT2D eigenvalue weighted by Crippen LogP contribution is 2.48. The number of amides is 2. The fourth-order valence-corrected chi connectivity index (χ4v) is 9.42. The van der Waals surface area contributed by atoms with Gasteiger partial charge in [0, 0.05) is 71.7 Å². The van der Waals surface area contributed by atoms with Crippen molar-refractivity contribution in [3.63, 3.8) is 0 Å². The van der Waals surface area contributed by atoms with E-state index in [1.807, 2.05) is 70.2 Å². The lowest BCUT2D eigenvalue weighted by Crippen LogP contribution is -2.28. The molecule has 0 aliphatic carbocycles. The number of fused-ring (bicyclic) bond motifs is 7. The molecule has 14 nitrogen and oxygen atoms in total. The molecular formula is C46H53N4O10S2+. The van der Waals surface area contributed by atoms with Crippen LogP contribution in [0, 0.1) is 0 Å². The van der Waals surface area contributed by atoms with E-state index in [0.717, 1.165) is 33.9 Å². The van der Waals surface area contributed by atoms with Crippen molar-refractivity contribution in [2.24, 2.45) is 0 Å². The molecule has 0 unspecified atom stereocenters. The Kier molecular flexibility index (Phi) is 13.6. The Morgan fingerprint density at radius 2 is 1.24 bits per heavy atom. The molecule has 0 atom stereocenters. The van der Waals surface area contributed by atoms with E-state index in [1.165, 1.54) is 42.5 Å². The predicted molar refractivity (Wildman–Crippen MR) is 239 cm³/mol. The number of hydrogen-bond donors (Lipinski definition) is 5. The van der Waals surface area contributed by atoms with E-state index in [1.54, 1.807) is 12.1 Å². The average molecular weight is 886 g/mol. The lowest BCUT2D eigenvalue weighted by Gasteiger charge is -2.27. The number of nitrogens with one attached hydrogen (secondary N) is 2. The Hall–Kier alpha value is -5.68. The second-order valence-electron chi connectivity index (χ2n) is 16.7. The van der Waals surface area contributed by atoms with Crippen LogP contribution in [0.4, 0.5) is 22.7 Å². The minimum atomic E-state index is -4.44. The minimum absolute atomic E-state index is 0.0943. The topological polar surface area (TPSA) is 210 Å². The molecule has 6 rings (SSSR count). The zero-order valence-corrected chi connectivity index (χ0v) is 36.9. The quantitative estimate of drug-likeness (QED) is 0.125. The molecule has 16 heteroatoms. The summed E-state index contributed by atoms with van der Waals surface area (Å²) < 4.78 is 70.2. The molecule has 62 heavy (non-hydrogen) atoms. The molecule has 5 N–H and O–H groups in total. The Bertz CT molecular complexity index is 2680. The molecule has 0 fully saturated rings. The maximum absolute atomic E-state index is 13.0. The van der Waals surface area contributed by atoms with Crippen molar-refractivity contribution in [1.29, 1.82) is 0 Å². The summed E-state index contributed by atoms with van der Waals surface area (Å²) in [5.74, 6) is -1.82. The van der Waals surface area contributed by atoms with E-state index in [4.69, 9.17) is 0 Å². The van der Waals surface area contributed by atoms with Crippen LogP contribution in [0.5, 0.6) is 0 Å². The fraction of sp³-hybridized carbons (Fsp3) is 0.348. The average Bonchev–Trinajstić information content (AvgIpc) is 3.53. The van der Waals surface area contributed by atoms with Crippen LogP contribution in [0.15, 0.2) is 113 Å². The van der Waals surface area contributed by atoms with E-state index in [-0.39, 0.29) is 51.4 Å². The number of allylic oxidation sites excluding steroid dienone is 8. The highest BCUT2D eigenvalue weighted by molar-refractivity contribution is 7.86. The number of benzene rings is 3. The van der Waals surface area contributed by atoms with Crippen LogP contribution in [0.1, 0.15) is 101 Å². The monoisotopic (exact) mass is 885 g/mol. The molecule has 3 aliphatic rings. The van der Waals surface area contributed by atoms with Gasteiger partial charge in [-0.25, -0.2) is 4.79 Å². The third-order valence-electron chi connectivity index (χ3n) is 11.6. The standard InChI is InChI=1S/C46H52N4O10S2/c1-45(2)36-29-34(61(55,56)57)20-22-38(36)49-24-14-8-12-18-42(51)47-32-26-31(44(53)54)27-33(28-32)48-43(52)19-13-9-15-25-50-39-23-21-35(62(58,59)60)30-37(39)46(3,4)41(50)17-11-7-5-6-10-16-40(45)49/h5-7,10-11,16-17,20-23,26-30H,8-9,12-15,18-19,24-25H2,1-4H3,(H4-,47,48,51,52,53,54,55,56,57,58,59,60)/p+1. The number of carbonyl (C=O) groups is 3. The molecule has 3 heterocycles. The summed E-state index contributed by atoms with van der Waals surface area (Å²) in [6.45, 7) is 9.08. The van der Waals surface area contributed by atoms with Gasteiger partial charge in [0.25, 0.3) is 20.2 Å². The Morgan fingerprint density at radius 3 is 1.85 bits per heavy atom. The molecule has 3 aromatic rings. The highest BCUT2D eigenvalue weighted by atomic mass is 32.2. The highest BCUT2D eigenvalue weighted by Gasteiger charge is 2.45. The molecule has 3 aromatic carbocycles. The zero-order valence-electron chi connectivity index (χ0n) is 35.2. The predicted octanol–water partition coefficient (Wildman–Crippen LogP) is 8.32. The summed E-state index contributed by atoms with van der Waals surface area (Å²) in [7, 11) is -8.89. The second kappa shape index (κ2) is 18.3. The number of anilines is 3. The number of rotatable bonds is 3. The van der Waals surface area contributed by atoms with Gasteiger partial charge < -0.3 is 20.6 Å². The molecule has 0 saturated heterocycles. The summed E-state index contributed by atoms with van der Waals surface area (Å²) in [5.41, 5.74) is 4.05. The van der Waals surface area contributed by atoms with Crippen LogP contribution in [0.3, 0.4) is 0 Å². The third kappa shape index (κ3) is 10.3. The van der Waals surface area contributed by atoms with Gasteiger partial charge in [-0.1, -0.05) is 50.6 Å². The van der Waals surface area contributed by atoms with Gasteiger partial charge in [0.15, 0.2) is 5.71 Å². The van der Waals surface area contributed by atoms with Crippen LogP contribution in [-0.2, 0) is 40.7 Å². The van der Waals surface area contributed by atoms with Gasteiger partial charge in [0.1, 0.15) is 6.54 Å². The van der Waals surface area contributed by atoms with Crippen LogP contribution in [0.25, 0.3) is 0 Å². The molecule has 0 radical (unpaired) electrons. The Balaban J connectivity index is 1.32. The van der Waals surface area contributed by atoms with E-state index >= 15 is 0 Å². The molecule has 2 amide bonds. The number of hydrogen-bond acceptors (Lipinski definition) is 8. The van der Waals surface area contributed by atoms with Gasteiger partial charge in [-0.05, 0) is 99.7 Å². The Morgan fingerprint density at radius 1 is 0.677 bits per heavy atom. The first-order chi connectivity index (χ1) is 29.2. The molecular weight excluding hydrogens is 833 g/mol. The SMILES string of the molecule is CC1(C)C2=C/C=C/C=C/C=C/C3=[N+](CCCCCC(=O)Nc4cc(cc(C(=O)O)c4)NC(=O)CCCCCN2c2ccc(S(=O)(=O)O)cc21)c1ccc(S(=O)(=O)O)cc1C3(C)C. The first-order valence-electron chi connectivity index (χ1n) is 20.5. The fourth-order valence-electron chi connectivity index (χ4n) is 8.40. The van der Waals surface area contributed by atoms with Gasteiger partial charge in [-0.2, -0.15) is 21.4 Å². The summed E-state index contributed by atoms with van der Waals surface area (Å²) in [5, 5.41) is 15.3. The van der Waals surface area contributed by atoms with E-state index in [9.17, 15) is 45.4 Å². The largest absolute Gasteiger partial charge is 0.478 e. The van der Waals surface area contributed by atoms with E-state index in [2.05, 4.69) is 20.1 Å². The van der Waals surface area contributed by atoms with Gasteiger partial charge in [0.2, 0.25) is 17.5 Å². The van der Waals surface area contributed by atoms with Crippen LogP contribution < -0.4 is 15.5 Å². The molecule has 3 aliphatic heterocycles. The molecule has 2 bridgehead atoms. The number of carbonyl (C=O) groups excluding carboxylic acids is 2. The van der Waals surface area contributed by atoms with Crippen molar-refractivity contribution in [3.8, 4) is 0 Å². The molecule has 328 valence electrons. The number of nitrogens with zero attached hydrogens (tertiary/aromatic N) is 2. The first-order valence-corrected chi connectivity index (χ1v) is 23.4. The summed E-state index contributed by atoms with van der Waals surface area (Å²) >= 11 is 0. The van der Waals surface area contributed by atoms with Crippen molar-refractivity contribution in [2.75, 3.05) is 28.6 Å². The summed E-state index contributed by atoms with van der Waals surface area (Å²) in [6.07, 6.45) is 17.6. The smallest absolute Gasteiger partial charge is 0.335 e. The van der Waals surface area contributed by atoms with Crippen LogP contribution in [-0.4, -0.2) is 72.2 Å². The minimum Gasteiger partial charge on any atom is -0.478 e. The zero-order chi connectivity index (χ0) is 45.0. The van der Waals surface area contributed by atoms with Crippen molar-refractivity contribution < 1.29 is 50.0 Å². The lowest BCUT2D eigenvalue weighted by atomic mass is 9.81. The first kappa shape index (κ1) is 45.8. The Labute approximate surface area is 362 Å². The van der Waals surface area contributed by atoms with E-state index < -0.39 is 37.0 Å². The van der Waals surface area contributed by atoms with Crippen LogP contribution in [0.2, 0.25) is 0 Å². The lowest BCUT2D eigenvalue weighted by molar-refractivity contribution is -0.438. The molecule has 0 aromatic heterocycles. The summed E-state index contributed by atoms with van der Waals surface area (Å²) in [6, 6.07) is 13.4. The van der Waals surface area contributed by atoms with Crippen molar-refractivity contribution in [1.82, 2.24) is 0 Å². The van der Waals surface area contributed by atoms with Crippen molar-refractivity contribution >= 4 is 66.5 Å². The van der Waals surface area contributed by atoms with Gasteiger partial charge in [-0.3, -0.25) is 18.7 Å². The van der Waals surface area contributed by atoms with Crippen LogP contribution >= 0.6 is 0 Å². The van der Waals surface area contributed by atoms with Crippen molar-refractivity contribution in [3.05, 3.63) is 120 Å². The van der Waals surface area contributed by atoms with Crippen molar-refractivity contribution in [2.45, 2.75) is 99.7 Å². The maximum atomic E-state index is 13.0. The number of carboxylic acid groups (broad SMARTS) is 1. The number of aromatic carboxylic acids is 1. The van der Waals surface area contributed by atoms with Gasteiger partial charge >= 0.3 is 5.97 Å². The summed E-state index contributed by atoms with van der Waals surface area (Å²) in [4.78, 5) is 39.7. The molecule has 0 saturated carbocycles. The number of carboxylic acids is 1. The maximum Gasteiger partial charge on any atom is 0.335 e. The van der Waals surface area contributed by atoms with E-state index in [0.29, 0.717) is 51.6 Å². The molecule has 0 spiro atoms.